The second kappa shape index (κ2) is 6.67. The van der Waals surface area contributed by atoms with E-state index in [-0.39, 0.29) is 23.3 Å². The Morgan fingerprint density at radius 2 is 2.21 bits per heavy atom. The number of hydrogen-bond acceptors (Lipinski definition) is 5. The number of carbonyl (C=O) groups excluding carboxylic acids is 1. The van der Waals surface area contributed by atoms with Gasteiger partial charge in [-0.05, 0) is 18.9 Å². The Hall–Kier alpha value is -2.18. The second-order valence-electron chi connectivity index (χ2n) is 3.65. The first-order valence-corrected chi connectivity index (χ1v) is 5.43. The number of rotatable bonds is 5. The number of alkyl halides is 2. The molecule has 19 heavy (non-hydrogen) atoms. The summed E-state index contributed by atoms with van der Waals surface area (Å²) < 4.78 is 33.6. The number of esters is 1. The minimum Gasteiger partial charge on any atom is -0.466 e. The number of nitrogens with two attached hydrogens (primary N) is 1. The SMILES string of the molecule is COC(=O)C1=CC(OC(F)F)=C(/C(C=N)=C/N)CC1. The van der Waals surface area contributed by atoms with Crippen LogP contribution >= 0.6 is 0 Å². The first-order valence-electron chi connectivity index (χ1n) is 5.43. The molecule has 1 rings (SSSR count). The van der Waals surface area contributed by atoms with E-state index in [9.17, 15) is 13.6 Å². The Bertz CT molecular complexity index is 468. The largest absolute Gasteiger partial charge is 0.466 e. The van der Waals surface area contributed by atoms with Crippen molar-refractivity contribution >= 4 is 12.2 Å². The van der Waals surface area contributed by atoms with E-state index in [2.05, 4.69) is 9.47 Å². The molecule has 0 atom stereocenters. The van der Waals surface area contributed by atoms with E-state index in [1.54, 1.807) is 0 Å². The van der Waals surface area contributed by atoms with Gasteiger partial charge in [0.1, 0.15) is 5.76 Å². The molecule has 0 aromatic rings. The molecule has 104 valence electrons. The fourth-order valence-electron chi connectivity index (χ4n) is 1.72. The summed E-state index contributed by atoms with van der Waals surface area (Å²) in [6, 6.07) is 0. The summed E-state index contributed by atoms with van der Waals surface area (Å²) in [6.45, 7) is -3.02. The molecule has 1 aliphatic carbocycles. The van der Waals surface area contributed by atoms with Gasteiger partial charge in [-0.1, -0.05) is 0 Å². The van der Waals surface area contributed by atoms with Crippen LogP contribution in [0, 0.1) is 5.41 Å². The molecule has 0 radical (unpaired) electrons. The minimum atomic E-state index is -3.02. The molecule has 1 aliphatic rings. The molecule has 0 unspecified atom stereocenters. The van der Waals surface area contributed by atoms with E-state index in [1.165, 1.54) is 13.2 Å². The minimum absolute atomic E-state index is 0.165. The van der Waals surface area contributed by atoms with Gasteiger partial charge in [0.05, 0.1) is 7.11 Å². The lowest BCUT2D eigenvalue weighted by molar-refractivity contribution is -0.136. The number of allylic oxidation sites excluding steroid dienone is 3. The van der Waals surface area contributed by atoms with Gasteiger partial charge in [-0.3, -0.25) is 0 Å². The third kappa shape index (κ3) is 3.64. The fraction of sp³-hybridized carbons (Fsp3) is 0.333. The molecule has 0 fully saturated rings. The molecule has 0 bridgehead atoms. The molecule has 0 aliphatic heterocycles. The highest BCUT2D eigenvalue weighted by molar-refractivity contribution is 5.90. The first kappa shape index (κ1) is 14.9. The van der Waals surface area contributed by atoms with Gasteiger partial charge in [-0.2, -0.15) is 8.78 Å². The van der Waals surface area contributed by atoms with Crippen LogP contribution in [0.25, 0.3) is 0 Å². The van der Waals surface area contributed by atoms with Crippen molar-refractivity contribution in [1.29, 1.82) is 5.41 Å². The van der Waals surface area contributed by atoms with Gasteiger partial charge >= 0.3 is 12.6 Å². The Labute approximate surface area is 108 Å². The third-order valence-electron chi connectivity index (χ3n) is 2.59. The molecule has 7 heteroatoms. The Morgan fingerprint density at radius 1 is 1.53 bits per heavy atom. The van der Waals surface area contributed by atoms with Crippen LogP contribution in [0.2, 0.25) is 0 Å². The van der Waals surface area contributed by atoms with Crippen LogP contribution in [-0.4, -0.2) is 25.9 Å². The van der Waals surface area contributed by atoms with Gasteiger partial charge in [0.2, 0.25) is 0 Å². The van der Waals surface area contributed by atoms with Crippen LogP contribution in [-0.2, 0) is 14.3 Å². The highest BCUT2D eigenvalue weighted by Crippen LogP contribution is 2.30. The lowest BCUT2D eigenvalue weighted by Gasteiger charge is -2.19. The van der Waals surface area contributed by atoms with Gasteiger partial charge in [0, 0.05) is 29.1 Å². The van der Waals surface area contributed by atoms with E-state index in [0.717, 1.165) is 12.4 Å². The van der Waals surface area contributed by atoms with Crippen molar-refractivity contribution in [3.05, 3.63) is 34.8 Å². The molecule has 0 aromatic carbocycles. The summed E-state index contributed by atoms with van der Waals surface area (Å²) in [5.41, 5.74) is 6.20. The quantitative estimate of drug-likeness (QED) is 0.591. The first-order chi connectivity index (χ1) is 9.03. The van der Waals surface area contributed by atoms with Crippen LogP contribution in [0.15, 0.2) is 34.8 Å². The number of halogens is 2. The van der Waals surface area contributed by atoms with Crippen molar-refractivity contribution in [2.75, 3.05) is 7.11 Å². The van der Waals surface area contributed by atoms with E-state index in [4.69, 9.17) is 11.1 Å². The summed E-state index contributed by atoms with van der Waals surface area (Å²) in [5.74, 6) is -0.760. The molecule has 0 saturated carbocycles. The molecule has 0 heterocycles. The predicted octanol–water partition coefficient (Wildman–Crippen LogP) is 1.87. The summed E-state index contributed by atoms with van der Waals surface area (Å²) >= 11 is 0. The third-order valence-corrected chi connectivity index (χ3v) is 2.59. The molecule has 5 nitrogen and oxygen atoms in total. The van der Waals surface area contributed by atoms with Crippen LogP contribution in [0.3, 0.4) is 0 Å². The molecular weight excluding hydrogens is 258 g/mol. The molecular formula is C12H14F2N2O3. The maximum absolute atomic E-state index is 12.4. The number of carbonyl (C=O) groups is 1. The number of nitrogens with one attached hydrogen (secondary N) is 1. The van der Waals surface area contributed by atoms with Gasteiger partial charge in [-0.25, -0.2) is 4.79 Å². The highest BCUT2D eigenvalue weighted by atomic mass is 19.3. The Morgan fingerprint density at radius 3 is 2.68 bits per heavy atom. The van der Waals surface area contributed by atoms with Crippen LogP contribution in [0.5, 0.6) is 0 Å². The highest BCUT2D eigenvalue weighted by Gasteiger charge is 2.23. The molecule has 0 amide bonds. The standard InChI is InChI=1S/C12H14F2N2O3/c1-18-11(17)7-2-3-9(8(5-15)6-16)10(4-7)19-12(13)14/h4-6,12,15H,2-3,16H2,1H3/b8-6+,15-5?. The molecule has 0 spiro atoms. The van der Waals surface area contributed by atoms with E-state index in [0.29, 0.717) is 12.0 Å². The Kier molecular flexibility index (Phi) is 5.23. The fourth-order valence-corrected chi connectivity index (χ4v) is 1.72. The zero-order valence-electron chi connectivity index (χ0n) is 10.3. The second-order valence-corrected chi connectivity index (χ2v) is 3.65. The van der Waals surface area contributed by atoms with Crippen LogP contribution in [0.1, 0.15) is 12.8 Å². The van der Waals surface area contributed by atoms with Crippen LogP contribution < -0.4 is 5.73 Å². The Balaban J connectivity index is 3.20. The summed E-state index contributed by atoms with van der Waals surface area (Å²) in [5, 5.41) is 7.18. The van der Waals surface area contributed by atoms with Gasteiger partial charge in [0.15, 0.2) is 0 Å². The van der Waals surface area contributed by atoms with Crippen molar-refractivity contribution in [3.63, 3.8) is 0 Å². The van der Waals surface area contributed by atoms with Crippen LogP contribution in [0.4, 0.5) is 8.78 Å². The van der Waals surface area contributed by atoms with Crippen molar-refractivity contribution in [2.45, 2.75) is 19.5 Å². The van der Waals surface area contributed by atoms with Gasteiger partial charge in [-0.15, -0.1) is 0 Å². The normalized spacial score (nSPS) is 16.2. The van der Waals surface area contributed by atoms with Gasteiger partial charge < -0.3 is 20.6 Å². The predicted molar refractivity (Wildman–Crippen MR) is 64.5 cm³/mol. The maximum Gasteiger partial charge on any atom is 0.387 e. The summed E-state index contributed by atoms with van der Waals surface area (Å²) in [7, 11) is 1.21. The summed E-state index contributed by atoms with van der Waals surface area (Å²) in [6.07, 6.45) is 3.85. The van der Waals surface area contributed by atoms with E-state index in [1.807, 2.05) is 0 Å². The topological polar surface area (TPSA) is 85.4 Å². The lowest BCUT2D eigenvalue weighted by atomic mass is 9.92. The monoisotopic (exact) mass is 272 g/mol. The lowest BCUT2D eigenvalue weighted by Crippen LogP contribution is -2.14. The average Bonchev–Trinajstić information content (AvgIpc) is 2.40. The maximum atomic E-state index is 12.4. The number of ether oxygens (including phenoxy) is 2. The molecule has 0 saturated heterocycles. The zero-order valence-corrected chi connectivity index (χ0v) is 10.3. The molecule has 0 aromatic heterocycles. The van der Waals surface area contributed by atoms with Crippen molar-refractivity contribution in [3.8, 4) is 0 Å². The number of methoxy groups -OCH3 is 1. The average molecular weight is 272 g/mol. The molecule has 3 N–H and O–H groups in total. The van der Waals surface area contributed by atoms with Crippen molar-refractivity contribution in [2.24, 2.45) is 5.73 Å². The number of hydrogen-bond donors (Lipinski definition) is 2. The van der Waals surface area contributed by atoms with Gasteiger partial charge in [0.25, 0.3) is 0 Å². The van der Waals surface area contributed by atoms with Crippen molar-refractivity contribution < 1.29 is 23.0 Å². The smallest absolute Gasteiger partial charge is 0.387 e. The zero-order chi connectivity index (χ0) is 14.4. The van der Waals surface area contributed by atoms with E-state index >= 15 is 0 Å². The van der Waals surface area contributed by atoms with Crippen molar-refractivity contribution in [1.82, 2.24) is 0 Å². The van der Waals surface area contributed by atoms with E-state index < -0.39 is 12.6 Å². The summed E-state index contributed by atoms with van der Waals surface area (Å²) in [4.78, 5) is 11.4.